The molecule has 0 N–H and O–H groups in total. The van der Waals surface area contributed by atoms with Gasteiger partial charge in [-0.2, -0.15) is 0 Å². The Morgan fingerprint density at radius 2 is 2.00 bits per heavy atom. The highest BCUT2D eigenvalue weighted by Crippen LogP contribution is 2.29. The van der Waals surface area contributed by atoms with Gasteiger partial charge in [-0.3, -0.25) is 19.2 Å². The molecule has 9 heteroatoms. The number of carbonyl (C=O) groups is 4. The van der Waals surface area contributed by atoms with Gasteiger partial charge in [0.15, 0.2) is 0 Å². The van der Waals surface area contributed by atoms with Crippen LogP contribution < -0.4 is 9.64 Å². The van der Waals surface area contributed by atoms with Crippen molar-refractivity contribution in [3.05, 3.63) is 46.7 Å². The number of carbonyl (C=O) groups excluding carboxylic acids is 4. The number of imide groups is 1. The molecule has 2 atom stereocenters. The van der Waals surface area contributed by atoms with Gasteiger partial charge in [-0.05, 0) is 48.6 Å². The van der Waals surface area contributed by atoms with Crippen molar-refractivity contribution in [1.82, 2.24) is 4.90 Å². The van der Waals surface area contributed by atoms with Gasteiger partial charge >= 0.3 is 5.97 Å². The van der Waals surface area contributed by atoms with Crippen LogP contribution in [0.2, 0.25) is 0 Å². The summed E-state index contributed by atoms with van der Waals surface area (Å²) in [5.74, 6) is -1.25. The zero-order valence-corrected chi connectivity index (χ0v) is 17.8. The topological polar surface area (TPSA) is 93.2 Å². The van der Waals surface area contributed by atoms with Crippen LogP contribution in [0.1, 0.15) is 35.9 Å². The molecule has 0 radical (unpaired) electrons. The Kier molecular flexibility index (Phi) is 6.15. The summed E-state index contributed by atoms with van der Waals surface area (Å²) < 4.78 is 10.7. The molecule has 1 aromatic heterocycles. The van der Waals surface area contributed by atoms with Crippen LogP contribution in [-0.4, -0.2) is 53.9 Å². The molecule has 8 nitrogen and oxygen atoms in total. The second-order valence-corrected chi connectivity index (χ2v) is 8.39. The van der Waals surface area contributed by atoms with Crippen LogP contribution in [0.4, 0.5) is 5.69 Å². The van der Waals surface area contributed by atoms with Crippen molar-refractivity contribution in [2.24, 2.45) is 0 Å². The summed E-state index contributed by atoms with van der Waals surface area (Å²) in [6.07, 6.45) is 1.48. The summed E-state index contributed by atoms with van der Waals surface area (Å²) in [6, 6.07) is 8.73. The highest BCUT2D eigenvalue weighted by molar-refractivity contribution is 7.12. The minimum absolute atomic E-state index is 0.0889. The van der Waals surface area contributed by atoms with Crippen LogP contribution in [0.15, 0.2) is 41.8 Å². The molecule has 162 valence electrons. The average molecular weight is 442 g/mol. The Hall–Kier alpha value is -3.04. The number of rotatable bonds is 6. The fraction of sp³-hybridized carbons (Fsp3) is 0.364. The summed E-state index contributed by atoms with van der Waals surface area (Å²) in [7, 11) is 0. The first-order chi connectivity index (χ1) is 14.9. The zero-order chi connectivity index (χ0) is 22.0. The van der Waals surface area contributed by atoms with Crippen LogP contribution in [0, 0.1) is 0 Å². The van der Waals surface area contributed by atoms with Crippen molar-refractivity contribution < 1.29 is 28.7 Å². The van der Waals surface area contributed by atoms with E-state index in [1.165, 1.54) is 35.3 Å². The van der Waals surface area contributed by atoms with Gasteiger partial charge < -0.3 is 14.4 Å². The van der Waals surface area contributed by atoms with E-state index < -0.39 is 17.9 Å². The number of amides is 3. The normalized spacial score (nSPS) is 20.9. The molecule has 31 heavy (non-hydrogen) atoms. The highest BCUT2D eigenvalue weighted by atomic mass is 32.1. The van der Waals surface area contributed by atoms with Crippen LogP contribution in [0.5, 0.6) is 5.75 Å². The number of nitrogens with zero attached hydrogens (tertiary/aromatic N) is 2. The average Bonchev–Trinajstić information content (AvgIpc) is 3.49. The molecule has 2 aliphatic rings. The molecular formula is C22H22N2O6S. The van der Waals surface area contributed by atoms with Crippen LogP contribution in [0.3, 0.4) is 0 Å². The maximum absolute atomic E-state index is 13.3. The van der Waals surface area contributed by atoms with Gasteiger partial charge in [0, 0.05) is 20.1 Å². The van der Waals surface area contributed by atoms with Gasteiger partial charge in [-0.25, -0.2) is 4.90 Å². The highest BCUT2D eigenvalue weighted by Gasteiger charge is 2.45. The largest absolute Gasteiger partial charge is 0.427 e. The van der Waals surface area contributed by atoms with E-state index in [-0.39, 0.29) is 30.9 Å². The maximum Gasteiger partial charge on any atom is 0.308 e. The SMILES string of the molecule is CC(=O)Oc1ccc(N2C(=O)CC(N(CC3CCCO3)C(=O)c3cccs3)C2=O)cc1. The van der Waals surface area contributed by atoms with Crippen LogP contribution in [-0.2, 0) is 19.1 Å². The monoisotopic (exact) mass is 442 g/mol. The fourth-order valence-corrected chi connectivity index (χ4v) is 4.54. The zero-order valence-electron chi connectivity index (χ0n) is 17.0. The quantitative estimate of drug-likeness (QED) is 0.388. The third-order valence-corrected chi connectivity index (χ3v) is 6.13. The standard InChI is InChI=1S/C22H22N2O6S/c1-14(25)30-16-8-6-15(7-9-16)24-20(26)12-18(21(24)27)23(13-17-4-2-10-29-17)22(28)19-5-3-11-31-19/h3,5-9,11,17-18H,2,4,10,12-13H2,1H3. The molecule has 3 amide bonds. The van der Waals surface area contributed by atoms with E-state index in [4.69, 9.17) is 9.47 Å². The van der Waals surface area contributed by atoms with Gasteiger partial charge in [0.25, 0.3) is 11.8 Å². The van der Waals surface area contributed by atoms with E-state index in [9.17, 15) is 19.2 Å². The van der Waals surface area contributed by atoms with Crippen molar-refractivity contribution in [3.63, 3.8) is 0 Å². The smallest absolute Gasteiger partial charge is 0.308 e. The fourth-order valence-electron chi connectivity index (χ4n) is 3.86. The number of esters is 1. The molecule has 2 saturated heterocycles. The van der Waals surface area contributed by atoms with Crippen molar-refractivity contribution in [2.75, 3.05) is 18.1 Å². The lowest BCUT2D eigenvalue weighted by molar-refractivity contribution is -0.132. The molecule has 0 saturated carbocycles. The van der Waals surface area contributed by atoms with Crippen LogP contribution in [0.25, 0.3) is 0 Å². The lowest BCUT2D eigenvalue weighted by Gasteiger charge is -2.29. The second-order valence-electron chi connectivity index (χ2n) is 7.44. The summed E-state index contributed by atoms with van der Waals surface area (Å²) in [4.78, 5) is 53.4. The Morgan fingerprint density at radius 3 is 2.61 bits per heavy atom. The van der Waals surface area contributed by atoms with E-state index in [1.54, 1.807) is 29.6 Å². The molecule has 0 aliphatic carbocycles. The Balaban J connectivity index is 1.57. The Labute approximate surface area is 183 Å². The number of hydrogen-bond acceptors (Lipinski definition) is 7. The van der Waals surface area contributed by atoms with Crippen molar-refractivity contribution in [1.29, 1.82) is 0 Å². The first-order valence-electron chi connectivity index (χ1n) is 10.1. The number of thiophene rings is 1. The molecule has 0 bridgehead atoms. The molecule has 2 fully saturated rings. The molecule has 3 heterocycles. The number of hydrogen-bond donors (Lipinski definition) is 0. The summed E-state index contributed by atoms with van der Waals surface area (Å²) in [5.41, 5.74) is 0.369. The molecule has 2 unspecified atom stereocenters. The first-order valence-corrected chi connectivity index (χ1v) is 10.9. The van der Waals surface area contributed by atoms with E-state index >= 15 is 0 Å². The maximum atomic E-state index is 13.3. The van der Waals surface area contributed by atoms with Crippen LogP contribution >= 0.6 is 11.3 Å². The van der Waals surface area contributed by atoms with Crippen molar-refractivity contribution >= 4 is 40.7 Å². The Morgan fingerprint density at radius 1 is 1.23 bits per heavy atom. The third-order valence-electron chi connectivity index (χ3n) is 5.27. The molecule has 0 spiro atoms. The van der Waals surface area contributed by atoms with Crippen molar-refractivity contribution in [3.8, 4) is 5.75 Å². The number of benzene rings is 1. The minimum atomic E-state index is -0.889. The molecular weight excluding hydrogens is 420 g/mol. The van der Waals surface area contributed by atoms with Crippen molar-refractivity contribution in [2.45, 2.75) is 38.3 Å². The van der Waals surface area contributed by atoms with E-state index in [0.29, 0.717) is 22.9 Å². The van der Waals surface area contributed by atoms with E-state index in [0.717, 1.165) is 17.7 Å². The predicted octanol–water partition coefficient (Wildman–Crippen LogP) is 2.63. The second kappa shape index (κ2) is 8.99. The van der Waals surface area contributed by atoms with Gasteiger partial charge in [0.2, 0.25) is 5.91 Å². The summed E-state index contributed by atoms with van der Waals surface area (Å²) in [5, 5.41) is 1.80. The van der Waals surface area contributed by atoms with Gasteiger partial charge in [-0.15, -0.1) is 11.3 Å². The summed E-state index contributed by atoms with van der Waals surface area (Å²) >= 11 is 1.30. The van der Waals surface area contributed by atoms with Gasteiger partial charge in [0.1, 0.15) is 11.8 Å². The Bertz CT molecular complexity index is 982. The lowest BCUT2D eigenvalue weighted by atomic mass is 10.1. The van der Waals surface area contributed by atoms with E-state index in [1.807, 2.05) is 0 Å². The molecule has 4 rings (SSSR count). The van der Waals surface area contributed by atoms with E-state index in [2.05, 4.69) is 0 Å². The lowest BCUT2D eigenvalue weighted by Crippen LogP contribution is -2.48. The minimum Gasteiger partial charge on any atom is -0.427 e. The van der Waals surface area contributed by atoms with Gasteiger partial charge in [-0.1, -0.05) is 6.07 Å². The number of ether oxygens (including phenoxy) is 2. The first kappa shape index (κ1) is 21.2. The molecule has 2 aromatic rings. The number of anilines is 1. The van der Waals surface area contributed by atoms with Gasteiger partial charge in [0.05, 0.1) is 23.1 Å². The molecule has 2 aliphatic heterocycles. The summed E-state index contributed by atoms with van der Waals surface area (Å²) in [6.45, 7) is 2.18. The molecule has 1 aromatic carbocycles. The third kappa shape index (κ3) is 4.52. The predicted molar refractivity (Wildman–Crippen MR) is 113 cm³/mol.